The summed E-state index contributed by atoms with van der Waals surface area (Å²) in [5.41, 5.74) is 2.27. The zero-order chi connectivity index (χ0) is 22.7. The van der Waals surface area contributed by atoms with Crippen LogP contribution >= 0.6 is 11.3 Å². The number of hydrogen-bond donors (Lipinski definition) is 2. The van der Waals surface area contributed by atoms with Crippen LogP contribution in [0.4, 0.5) is 5.13 Å². The molecule has 1 saturated heterocycles. The summed E-state index contributed by atoms with van der Waals surface area (Å²) in [7, 11) is 1.65. The second kappa shape index (κ2) is 9.47. The Morgan fingerprint density at radius 2 is 1.91 bits per heavy atom. The first-order chi connectivity index (χ1) is 15.4. The Balaban J connectivity index is 1.41. The Hall–Kier alpha value is -3.27. The van der Waals surface area contributed by atoms with Crippen LogP contribution in [-0.4, -0.2) is 46.5 Å². The lowest BCUT2D eigenvalue weighted by Gasteiger charge is -2.30. The van der Waals surface area contributed by atoms with Crippen molar-refractivity contribution in [2.24, 2.45) is 5.92 Å². The van der Waals surface area contributed by atoms with Crippen LogP contribution in [-0.2, 0) is 22.7 Å². The first-order valence-electron chi connectivity index (χ1n) is 10.6. The molecule has 3 aromatic rings. The predicted molar refractivity (Wildman–Crippen MR) is 124 cm³/mol. The fourth-order valence-electron chi connectivity index (χ4n) is 3.74. The van der Waals surface area contributed by atoms with Crippen molar-refractivity contribution in [1.29, 1.82) is 0 Å². The summed E-state index contributed by atoms with van der Waals surface area (Å²) >= 11 is 1.29. The number of nitrogens with zero attached hydrogens (tertiary/aromatic N) is 4. The molecule has 1 aromatic carbocycles. The normalized spacial score (nSPS) is 14.5. The lowest BCUT2D eigenvalue weighted by molar-refractivity contribution is -0.125. The second-order valence-corrected chi connectivity index (χ2v) is 8.94. The predicted octanol–water partition coefficient (Wildman–Crippen LogP) is 1.44. The van der Waals surface area contributed by atoms with E-state index in [1.165, 1.54) is 22.2 Å². The van der Waals surface area contributed by atoms with E-state index < -0.39 is 0 Å². The van der Waals surface area contributed by atoms with E-state index in [9.17, 15) is 14.4 Å². The van der Waals surface area contributed by atoms with Crippen molar-refractivity contribution in [3.05, 3.63) is 52.1 Å². The second-order valence-electron chi connectivity index (χ2n) is 7.96. The van der Waals surface area contributed by atoms with Gasteiger partial charge in [0.15, 0.2) is 10.8 Å². The van der Waals surface area contributed by atoms with Gasteiger partial charge in [0.1, 0.15) is 17.6 Å². The fraction of sp³-hybridized carbons (Fsp3) is 0.409. The molecule has 0 bridgehead atoms. The standard InChI is InChI=1S/C22H26N6O3S/c1-14-3-5-15(6-4-14)11-24-17(29)12-28-13-25-19-18(21(28)31)32-22(26-19)27-9-7-16(8-10-27)20(30)23-2/h3-6,13,16H,7-12H2,1-2H3,(H,23,30)(H,24,29). The van der Waals surface area contributed by atoms with Gasteiger partial charge in [0.25, 0.3) is 5.56 Å². The van der Waals surface area contributed by atoms with E-state index in [-0.39, 0.29) is 29.8 Å². The molecule has 1 fully saturated rings. The number of piperidine rings is 1. The molecule has 3 heterocycles. The van der Waals surface area contributed by atoms with E-state index in [0.717, 1.165) is 29.1 Å². The molecule has 10 heteroatoms. The van der Waals surface area contributed by atoms with Gasteiger partial charge in [-0.25, -0.2) is 4.98 Å². The quantitative estimate of drug-likeness (QED) is 0.583. The third-order valence-corrected chi connectivity index (χ3v) is 6.77. The highest BCUT2D eigenvalue weighted by Gasteiger charge is 2.26. The van der Waals surface area contributed by atoms with Gasteiger partial charge in [-0.3, -0.25) is 19.0 Å². The van der Waals surface area contributed by atoms with Crippen LogP contribution in [0.3, 0.4) is 0 Å². The number of hydrogen-bond acceptors (Lipinski definition) is 7. The van der Waals surface area contributed by atoms with Crippen molar-refractivity contribution in [1.82, 2.24) is 25.2 Å². The van der Waals surface area contributed by atoms with Crippen LogP contribution in [0.15, 0.2) is 35.4 Å². The monoisotopic (exact) mass is 454 g/mol. The van der Waals surface area contributed by atoms with E-state index in [0.29, 0.717) is 30.0 Å². The van der Waals surface area contributed by atoms with Crippen molar-refractivity contribution in [3.8, 4) is 0 Å². The number of rotatable bonds is 6. The van der Waals surface area contributed by atoms with Gasteiger partial charge >= 0.3 is 0 Å². The van der Waals surface area contributed by atoms with Crippen LogP contribution in [0, 0.1) is 12.8 Å². The third kappa shape index (κ3) is 4.80. The smallest absolute Gasteiger partial charge is 0.273 e. The zero-order valence-corrected chi connectivity index (χ0v) is 18.9. The molecule has 32 heavy (non-hydrogen) atoms. The average Bonchev–Trinajstić information content (AvgIpc) is 3.25. The van der Waals surface area contributed by atoms with Gasteiger partial charge in [-0.15, -0.1) is 0 Å². The highest BCUT2D eigenvalue weighted by Crippen LogP contribution is 2.29. The zero-order valence-electron chi connectivity index (χ0n) is 18.1. The summed E-state index contributed by atoms with van der Waals surface area (Å²) in [6, 6.07) is 7.91. The largest absolute Gasteiger partial charge is 0.359 e. The van der Waals surface area contributed by atoms with Crippen LogP contribution in [0.1, 0.15) is 24.0 Å². The van der Waals surface area contributed by atoms with Gasteiger partial charge < -0.3 is 15.5 Å². The van der Waals surface area contributed by atoms with E-state index in [1.807, 2.05) is 31.2 Å². The number of benzene rings is 1. The van der Waals surface area contributed by atoms with Crippen molar-refractivity contribution < 1.29 is 9.59 Å². The Kier molecular flexibility index (Phi) is 6.50. The SMILES string of the molecule is CNC(=O)C1CCN(c2nc3ncn(CC(=O)NCc4ccc(C)cc4)c(=O)c3s2)CC1. The molecule has 2 N–H and O–H groups in total. The lowest BCUT2D eigenvalue weighted by Crippen LogP contribution is -2.39. The van der Waals surface area contributed by atoms with Crippen molar-refractivity contribution in [3.63, 3.8) is 0 Å². The molecule has 4 rings (SSSR count). The number of amides is 2. The molecule has 2 amide bonds. The minimum atomic E-state index is -0.274. The molecule has 0 spiro atoms. The Bertz CT molecular complexity index is 1180. The van der Waals surface area contributed by atoms with E-state index in [2.05, 4.69) is 25.5 Å². The van der Waals surface area contributed by atoms with E-state index >= 15 is 0 Å². The van der Waals surface area contributed by atoms with Crippen LogP contribution in [0.2, 0.25) is 0 Å². The van der Waals surface area contributed by atoms with Crippen molar-refractivity contribution >= 4 is 38.6 Å². The number of fused-ring (bicyclic) bond motifs is 1. The third-order valence-electron chi connectivity index (χ3n) is 5.68. The van der Waals surface area contributed by atoms with Gasteiger partial charge in [0, 0.05) is 32.6 Å². The van der Waals surface area contributed by atoms with Gasteiger partial charge in [0.05, 0.1) is 0 Å². The topological polar surface area (TPSA) is 109 Å². The first kappa shape index (κ1) is 21.9. The number of aryl methyl sites for hydroxylation is 1. The highest BCUT2D eigenvalue weighted by atomic mass is 32.1. The number of aromatic nitrogens is 3. The number of carbonyl (C=O) groups excluding carboxylic acids is 2. The minimum Gasteiger partial charge on any atom is -0.359 e. The summed E-state index contributed by atoms with van der Waals surface area (Å²) in [5, 5.41) is 6.26. The highest BCUT2D eigenvalue weighted by molar-refractivity contribution is 7.22. The number of thiazole rings is 1. The van der Waals surface area contributed by atoms with Crippen LogP contribution in [0.25, 0.3) is 10.3 Å². The molecular weight excluding hydrogens is 428 g/mol. The molecule has 2 aromatic heterocycles. The maximum atomic E-state index is 12.9. The summed E-state index contributed by atoms with van der Waals surface area (Å²) in [4.78, 5) is 48.0. The molecular formula is C22H26N6O3S. The molecule has 0 atom stereocenters. The summed E-state index contributed by atoms with van der Waals surface area (Å²) < 4.78 is 1.74. The van der Waals surface area contributed by atoms with E-state index in [1.54, 1.807) is 7.05 Å². The number of nitrogens with one attached hydrogen (secondary N) is 2. The molecule has 168 valence electrons. The molecule has 1 aliphatic heterocycles. The van der Waals surface area contributed by atoms with Gasteiger partial charge in [-0.1, -0.05) is 41.2 Å². The van der Waals surface area contributed by atoms with Gasteiger partial charge in [0.2, 0.25) is 11.8 Å². The van der Waals surface area contributed by atoms with Crippen molar-refractivity contribution in [2.75, 3.05) is 25.0 Å². The van der Waals surface area contributed by atoms with Gasteiger partial charge in [-0.05, 0) is 25.3 Å². The summed E-state index contributed by atoms with van der Waals surface area (Å²) in [6.45, 7) is 3.72. The lowest BCUT2D eigenvalue weighted by atomic mass is 9.96. The van der Waals surface area contributed by atoms with Gasteiger partial charge in [-0.2, -0.15) is 4.98 Å². The molecule has 0 saturated carbocycles. The molecule has 1 aliphatic rings. The average molecular weight is 455 g/mol. The molecule has 9 nitrogen and oxygen atoms in total. The molecule has 0 aliphatic carbocycles. The van der Waals surface area contributed by atoms with Crippen LogP contribution in [0.5, 0.6) is 0 Å². The summed E-state index contributed by atoms with van der Waals surface area (Å²) in [6.07, 6.45) is 2.86. The summed E-state index contributed by atoms with van der Waals surface area (Å²) in [5.74, 6) is -0.173. The molecule has 0 radical (unpaired) electrons. The maximum absolute atomic E-state index is 12.9. The fourth-order valence-corrected chi connectivity index (χ4v) is 4.76. The minimum absolute atomic E-state index is 0.0133. The number of anilines is 1. The Morgan fingerprint density at radius 1 is 1.19 bits per heavy atom. The first-order valence-corrected chi connectivity index (χ1v) is 11.4. The maximum Gasteiger partial charge on any atom is 0.273 e. The number of carbonyl (C=O) groups is 2. The van der Waals surface area contributed by atoms with Crippen LogP contribution < -0.4 is 21.1 Å². The van der Waals surface area contributed by atoms with Crippen molar-refractivity contribution in [2.45, 2.75) is 32.9 Å². The molecule has 0 unspecified atom stereocenters. The Morgan fingerprint density at radius 3 is 2.59 bits per heavy atom. The van der Waals surface area contributed by atoms with E-state index in [4.69, 9.17) is 0 Å². The Labute approximate surface area is 189 Å².